The number of aliphatic hydroxyl groups is 1. The van der Waals surface area contributed by atoms with Gasteiger partial charge in [0.25, 0.3) is 5.56 Å². The highest BCUT2D eigenvalue weighted by Gasteiger charge is 2.50. The number of hydrogen-bond donors (Lipinski definition) is 4. The normalized spacial score (nSPS) is 28.1. The van der Waals surface area contributed by atoms with Crippen LogP contribution >= 0.6 is 8.25 Å². The van der Waals surface area contributed by atoms with Gasteiger partial charge in [0.1, 0.15) is 24.1 Å². The van der Waals surface area contributed by atoms with Crippen molar-refractivity contribution < 1.29 is 37.0 Å². The first-order chi connectivity index (χ1) is 15.2. The molecule has 3 unspecified atom stereocenters. The number of aromatic nitrogens is 4. The van der Waals surface area contributed by atoms with E-state index in [2.05, 4.69) is 15.0 Å². The quantitative estimate of drug-likeness (QED) is 0.340. The number of H-pyrrole nitrogens is 1. The molecule has 3 aromatic rings. The number of phenols is 1. The monoisotopic (exact) mass is 485 g/mol. The predicted octanol–water partition coefficient (Wildman–Crippen LogP) is -0.696. The Labute approximate surface area is 179 Å². The summed E-state index contributed by atoms with van der Waals surface area (Å²) in [4.78, 5) is 22.3. The standard InChI is InChI=1S/C16H16N5O9PS/c17-15-19-12-9(13(24)20-15)18-16(32(26,27)7-3-1-6(22)2-4-7)21(12)14-10(23)11-8(29-14)5-28-31(25)30-11/h1-4,8,10-11,14,22-23,31H,5H2,(H3,17,19,20,24)/t8?,10?,11-,14-/m1/s1. The minimum absolute atomic E-state index is 0.154. The second-order valence-electron chi connectivity index (χ2n) is 7.08. The molecule has 1 aromatic carbocycles. The highest BCUT2D eigenvalue weighted by molar-refractivity contribution is 7.91. The summed E-state index contributed by atoms with van der Waals surface area (Å²) in [6.45, 7) is -0.154. The lowest BCUT2D eigenvalue weighted by atomic mass is 10.1. The number of nitrogen functional groups attached to an aromatic ring is 1. The lowest BCUT2D eigenvalue weighted by Crippen LogP contribution is -2.37. The van der Waals surface area contributed by atoms with Crippen molar-refractivity contribution in [1.29, 1.82) is 0 Å². The van der Waals surface area contributed by atoms with Gasteiger partial charge in [-0.3, -0.25) is 18.9 Å². The number of phenolic OH excluding ortho intramolecular Hbond substituents is 1. The number of anilines is 1. The topological polar surface area (TPSA) is 209 Å². The van der Waals surface area contributed by atoms with Crippen LogP contribution in [0.25, 0.3) is 11.2 Å². The molecule has 5 atom stereocenters. The van der Waals surface area contributed by atoms with Gasteiger partial charge in [-0.05, 0) is 24.3 Å². The number of sulfone groups is 1. The van der Waals surface area contributed by atoms with Gasteiger partial charge >= 0.3 is 8.25 Å². The van der Waals surface area contributed by atoms with Crippen LogP contribution in [0.15, 0.2) is 39.1 Å². The maximum Gasteiger partial charge on any atom is 0.319 e. The number of hydrogen-bond acceptors (Lipinski definition) is 12. The number of aliphatic hydroxyl groups excluding tert-OH is 1. The molecule has 0 saturated carbocycles. The van der Waals surface area contributed by atoms with Gasteiger partial charge in [-0.25, -0.2) is 13.4 Å². The van der Waals surface area contributed by atoms with E-state index in [0.29, 0.717) is 0 Å². The zero-order valence-electron chi connectivity index (χ0n) is 15.9. The third-order valence-corrected chi connectivity index (χ3v) is 7.61. The van der Waals surface area contributed by atoms with Gasteiger partial charge in [0.15, 0.2) is 17.4 Å². The maximum atomic E-state index is 13.4. The van der Waals surface area contributed by atoms with Gasteiger partial charge in [0, 0.05) is 0 Å². The summed E-state index contributed by atoms with van der Waals surface area (Å²) in [7, 11) is -7.25. The van der Waals surface area contributed by atoms with Crippen molar-refractivity contribution in [3.05, 3.63) is 34.6 Å². The molecule has 0 spiro atoms. The molecule has 5 rings (SSSR count). The second-order valence-corrected chi connectivity index (χ2v) is 9.95. The summed E-state index contributed by atoms with van der Waals surface area (Å²) in [6.07, 6.45) is -4.85. The number of aromatic hydroxyl groups is 1. The number of nitrogens with two attached hydrogens (primary N) is 1. The molecule has 16 heteroatoms. The molecule has 0 radical (unpaired) electrons. The minimum atomic E-state index is -4.39. The molecule has 0 aliphatic carbocycles. The van der Waals surface area contributed by atoms with Crippen molar-refractivity contribution in [1.82, 2.24) is 19.5 Å². The van der Waals surface area contributed by atoms with Gasteiger partial charge in [0.2, 0.25) is 20.9 Å². The van der Waals surface area contributed by atoms with E-state index in [1.807, 2.05) is 0 Å². The molecule has 5 N–H and O–H groups in total. The summed E-state index contributed by atoms with van der Waals surface area (Å²) >= 11 is 0. The van der Waals surface area contributed by atoms with Crippen molar-refractivity contribution in [3.63, 3.8) is 0 Å². The molecule has 14 nitrogen and oxygen atoms in total. The highest BCUT2D eigenvalue weighted by atomic mass is 32.2. The fraction of sp³-hybridized carbons (Fsp3) is 0.312. The smallest absolute Gasteiger partial charge is 0.319 e. The van der Waals surface area contributed by atoms with Crippen molar-refractivity contribution in [2.75, 3.05) is 12.3 Å². The minimum Gasteiger partial charge on any atom is -0.508 e. The fourth-order valence-electron chi connectivity index (χ4n) is 3.64. The number of nitrogens with zero attached hydrogens (tertiary/aromatic N) is 3. The van der Waals surface area contributed by atoms with Gasteiger partial charge in [-0.2, -0.15) is 4.98 Å². The van der Waals surface area contributed by atoms with E-state index in [0.717, 1.165) is 16.7 Å². The number of benzene rings is 1. The first-order valence-corrected chi connectivity index (χ1v) is 11.9. The molecular weight excluding hydrogens is 469 g/mol. The van der Waals surface area contributed by atoms with Gasteiger partial charge in [-0.1, -0.05) is 0 Å². The molecule has 2 fully saturated rings. The van der Waals surface area contributed by atoms with Crippen LogP contribution in [0.3, 0.4) is 0 Å². The van der Waals surface area contributed by atoms with Crippen LogP contribution in [0, 0.1) is 0 Å². The zero-order valence-corrected chi connectivity index (χ0v) is 17.7. The average Bonchev–Trinajstić information content (AvgIpc) is 3.27. The third-order valence-electron chi connectivity index (χ3n) is 5.09. The van der Waals surface area contributed by atoms with Crippen molar-refractivity contribution >= 4 is 35.2 Å². The maximum absolute atomic E-state index is 13.4. The zero-order chi connectivity index (χ0) is 22.8. The number of aromatic amines is 1. The van der Waals surface area contributed by atoms with Crippen LogP contribution in [-0.4, -0.2) is 63.1 Å². The molecule has 2 aromatic heterocycles. The Morgan fingerprint density at radius 2 is 1.97 bits per heavy atom. The molecule has 170 valence electrons. The first kappa shape index (κ1) is 21.1. The van der Waals surface area contributed by atoms with E-state index >= 15 is 0 Å². The Morgan fingerprint density at radius 3 is 2.69 bits per heavy atom. The number of ether oxygens (including phenoxy) is 1. The van der Waals surface area contributed by atoms with Gasteiger partial charge in [-0.15, -0.1) is 0 Å². The Kier molecular flexibility index (Phi) is 4.85. The van der Waals surface area contributed by atoms with Crippen LogP contribution in [-0.2, 0) is 28.2 Å². The number of nitrogens with one attached hydrogen (secondary N) is 1. The summed E-state index contributed by atoms with van der Waals surface area (Å²) in [6, 6.07) is 4.63. The third kappa shape index (κ3) is 3.21. The number of imidazole rings is 1. The summed E-state index contributed by atoms with van der Waals surface area (Å²) < 4.78 is 55.2. The summed E-state index contributed by atoms with van der Waals surface area (Å²) in [5.41, 5.74) is 4.23. The van der Waals surface area contributed by atoms with Gasteiger partial charge in [0.05, 0.1) is 11.5 Å². The van der Waals surface area contributed by atoms with E-state index in [9.17, 15) is 28.0 Å². The Bertz CT molecular complexity index is 1400. The Balaban J connectivity index is 1.74. The molecule has 2 saturated heterocycles. The van der Waals surface area contributed by atoms with Crippen LogP contribution in [0.5, 0.6) is 5.75 Å². The Hall–Kier alpha value is -2.81. The molecule has 32 heavy (non-hydrogen) atoms. The lowest BCUT2D eigenvalue weighted by Gasteiger charge is -2.24. The van der Waals surface area contributed by atoms with Crippen LogP contribution in [0.2, 0.25) is 0 Å². The highest BCUT2D eigenvalue weighted by Crippen LogP contribution is 2.44. The fourth-order valence-corrected chi connectivity index (χ4v) is 5.89. The second kappa shape index (κ2) is 7.37. The largest absolute Gasteiger partial charge is 0.508 e. The van der Waals surface area contributed by atoms with Crippen LogP contribution < -0.4 is 11.3 Å². The molecule has 4 heterocycles. The average molecular weight is 485 g/mol. The molecule has 2 aliphatic rings. The van der Waals surface area contributed by atoms with Crippen molar-refractivity contribution in [2.45, 2.75) is 34.6 Å². The predicted molar refractivity (Wildman–Crippen MR) is 106 cm³/mol. The van der Waals surface area contributed by atoms with Crippen molar-refractivity contribution in [3.8, 4) is 5.75 Å². The van der Waals surface area contributed by atoms with E-state index in [1.54, 1.807) is 0 Å². The van der Waals surface area contributed by atoms with Crippen LogP contribution in [0.1, 0.15) is 6.23 Å². The first-order valence-electron chi connectivity index (χ1n) is 9.15. The van der Waals surface area contributed by atoms with E-state index in [4.69, 9.17) is 19.5 Å². The number of rotatable bonds is 3. The van der Waals surface area contributed by atoms with E-state index in [-0.39, 0.29) is 34.4 Å². The van der Waals surface area contributed by atoms with Crippen LogP contribution in [0.4, 0.5) is 5.95 Å². The molecule has 0 bridgehead atoms. The SMILES string of the molecule is Nc1nc2c(nc(S(=O)(=O)c3ccc(O)cc3)n2[C@@H]2OC3CO[PH](=O)O[C@H]3C2O)c(=O)[nH]1. The summed E-state index contributed by atoms with van der Waals surface area (Å²) in [5, 5.41) is 19.7. The van der Waals surface area contributed by atoms with Gasteiger partial charge < -0.3 is 29.7 Å². The van der Waals surface area contributed by atoms with E-state index < -0.39 is 53.3 Å². The molecular formula is C16H16N5O9PS. The number of fused-ring (bicyclic) bond motifs is 2. The van der Waals surface area contributed by atoms with Crippen molar-refractivity contribution in [2.24, 2.45) is 0 Å². The Morgan fingerprint density at radius 1 is 1.25 bits per heavy atom. The lowest BCUT2D eigenvalue weighted by molar-refractivity contribution is -0.0585. The summed E-state index contributed by atoms with van der Waals surface area (Å²) in [5.74, 6) is -0.471. The van der Waals surface area contributed by atoms with E-state index in [1.165, 1.54) is 12.1 Å². The molecule has 0 amide bonds. The molecule has 2 aliphatic heterocycles.